The van der Waals surface area contributed by atoms with Crippen LogP contribution in [-0.2, 0) is 11.3 Å². The molecule has 0 saturated heterocycles. The summed E-state index contributed by atoms with van der Waals surface area (Å²) in [5.74, 6) is 0. The van der Waals surface area contributed by atoms with Crippen molar-refractivity contribution in [2.45, 2.75) is 33.5 Å². The molecule has 0 saturated carbocycles. The van der Waals surface area contributed by atoms with Crippen LogP contribution in [0, 0.1) is 5.41 Å². The van der Waals surface area contributed by atoms with E-state index in [2.05, 4.69) is 41.2 Å². The molecular formula is C24H23Cl3N6O. The molecule has 0 radical (unpaired) electrons. The molecular weight excluding hydrogens is 495 g/mol. The topological polar surface area (TPSA) is 70.7 Å². The van der Waals surface area contributed by atoms with Crippen molar-refractivity contribution in [3.8, 4) is 5.69 Å². The van der Waals surface area contributed by atoms with Crippen LogP contribution in [0.5, 0.6) is 0 Å². The second-order valence-corrected chi connectivity index (χ2v) is 10.0. The van der Waals surface area contributed by atoms with Crippen LogP contribution in [0.15, 0.2) is 61.3 Å². The lowest BCUT2D eigenvalue weighted by Crippen LogP contribution is -2.33. The van der Waals surface area contributed by atoms with Crippen molar-refractivity contribution >= 4 is 46.6 Å². The fourth-order valence-corrected chi connectivity index (χ4v) is 4.00. The summed E-state index contributed by atoms with van der Waals surface area (Å²) in [6.45, 7) is 6.53. The normalized spacial score (nSPS) is 13.3. The fourth-order valence-electron chi connectivity index (χ4n) is 3.41. The van der Waals surface area contributed by atoms with Gasteiger partial charge in [0.05, 0.1) is 24.2 Å². The summed E-state index contributed by atoms with van der Waals surface area (Å²) >= 11 is 18.5. The molecule has 0 aliphatic heterocycles. The Morgan fingerprint density at radius 2 is 1.79 bits per heavy atom. The SMILES string of the molecule is CC(C)(C)C(OCc1cn(-c2ccc(Cl)cc2)nn1)/C(=C/c1ccc(Cl)cc1Cl)n1cncn1. The van der Waals surface area contributed by atoms with Gasteiger partial charge in [0.2, 0.25) is 0 Å². The minimum atomic E-state index is -0.373. The predicted molar refractivity (Wildman–Crippen MR) is 135 cm³/mol. The Morgan fingerprint density at radius 3 is 2.44 bits per heavy atom. The van der Waals surface area contributed by atoms with Gasteiger partial charge in [0.15, 0.2) is 0 Å². The smallest absolute Gasteiger partial charge is 0.138 e. The highest BCUT2D eigenvalue weighted by atomic mass is 35.5. The zero-order valence-electron chi connectivity index (χ0n) is 18.9. The van der Waals surface area contributed by atoms with Gasteiger partial charge in [-0.15, -0.1) is 5.10 Å². The molecule has 2 aromatic heterocycles. The average molecular weight is 518 g/mol. The zero-order chi connectivity index (χ0) is 24.3. The molecule has 0 aliphatic rings. The molecule has 0 N–H and O–H groups in total. The second-order valence-electron chi connectivity index (χ2n) is 8.76. The Labute approximate surface area is 212 Å². The predicted octanol–water partition coefficient (Wildman–Crippen LogP) is 6.45. The number of halogens is 3. The Hall–Kier alpha value is -2.71. The number of rotatable bonds is 7. The first-order chi connectivity index (χ1) is 16.2. The van der Waals surface area contributed by atoms with Crippen LogP contribution in [0.2, 0.25) is 15.1 Å². The summed E-state index contributed by atoms with van der Waals surface area (Å²) in [5, 5.41) is 14.6. The van der Waals surface area contributed by atoms with Gasteiger partial charge in [-0.2, -0.15) is 5.10 Å². The van der Waals surface area contributed by atoms with E-state index in [1.165, 1.54) is 6.33 Å². The molecule has 0 fully saturated rings. The first kappa shape index (κ1) is 24.4. The highest BCUT2D eigenvalue weighted by molar-refractivity contribution is 6.35. The quantitative estimate of drug-likeness (QED) is 0.282. The third-order valence-corrected chi connectivity index (χ3v) is 5.85. The van der Waals surface area contributed by atoms with Crippen molar-refractivity contribution in [1.29, 1.82) is 0 Å². The lowest BCUT2D eigenvalue weighted by atomic mass is 9.86. The molecule has 7 nitrogen and oxygen atoms in total. The molecule has 2 heterocycles. The van der Waals surface area contributed by atoms with Gasteiger partial charge in [0.25, 0.3) is 0 Å². The standard InChI is InChI=1S/C24H23Cl3N6O/c1-24(2,3)23(34-13-19-12-32(31-30-19)20-8-6-17(25)7-9-20)22(33-15-28-14-29-33)10-16-4-5-18(26)11-21(16)27/h4-12,14-15,23H,13H2,1-3H3/b22-10-. The Bertz CT molecular complexity index is 1280. The van der Waals surface area contributed by atoms with Crippen molar-refractivity contribution in [2.75, 3.05) is 0 Å². The summed E-state index contributed by atoms with van der Waals surface area (Å²) in [7, 11) is 0. The number of benzene rings is 2. The van der Waals surface area contributed by atoms with Gasteiger partial charge in [0.1, 0.15) is 24.5 Å². The molecule has 0 amide bonds. The summed E-state index contributed by atoms with van der Waals surface area (Å²) in [4.78, 5) is 4.11. The molecule has 2 aromatic carbocycles. The number of nitrogens with zero attached hydrogens (tertiary/aromatic N) is 6. The van der Waals surface area contributed by atoms with Crippen molar-refractivity contribution in [1.82, 2.24) is 29.8 Å². The van der Waals surface area contributed by atoms with E-state index in [-0.39, 0.29) is 18.1 Å². The molecule has 1 unspecified atom stereocenters. The van der Waals surface area contributed by atoms with Crippen molar-refractivity contribution in [2.24, 2.45) is 5.41 Å². The van der Waals surface area contributed by atoms with Gasteiger partial charge in [0, 0.05) is 15.1 Å². The van der Waals surface area contributed by atoms with E-state index in [9.17, 15) is 0 Å². The van der Waals surface area contributed by atoms with Gasteiger partial charge in [-0.25, -0.2) is 14.3 Å². The van der Waals surface area contributed by atoms with Gasteiger partial charge in [-0.1, -0.05) is 66.9 Å². The molecule has 0 bridgehead atoms. The summed E-state index contributed by atoms with van der Waals surface area (Å²) < 4.78 is 9.79. The monoisotopic (exact) mass is 516 g/mol. The lowest BCUT2D eigenvalue weighted by molar-refractivity contribution is 0.00609. The minimum Gasteiger partial charge on any atom is -0.365 e. The Kier molecular flexibility index (Phi) is 7.38. The second kappa shape index (κ2) is 10.3. The van der Waals surface area contributed by atoms with Crippen molar-refractivity contribution < 1.29 is 4.74 Å². The minimum absolute atomic E-state index is 0.246. The largest absolute Gasteiger partial charge is 0.365 e. The van der Waals surface area contributed by atoms with E-state index < -0.39 is 0 Å². The first-order valence-corrected chi connectivity index (χ1v) is 11.6. The molecule has 4 aromatic rings. The molecule has 1 atom stereocenters. The zero-order valence-corrected chi connectivity index (χ0v) is 21.1. The molecule has 0 spiro atoms. The molecule has 176 valence electrons. The number of aromatic nitrogens is 6. The van der Waals surface area contributed by atoms with Crippen molar-refractivity contribution in [3.05, 3.63) is 87.6 Å². The van der Waals surface area contributed by atoms with Crippen LogP contribution in [0.1, 0.15) is 32.0 Å². The first-order valence-electron chi connectivity index (χ1n) is 10.5. The maximum absolute atomic E-state index is 6.45. The summed E-state index contributed by atoms with van der Waals surface area (Å²) in [5.41, 5.74) is 2.83. The highest BCUT2D eigenvalue weighted by Gasteiger charge is 2.31. The fraction of sp³-hybridized carbons (Fsp3) is 0.250. The number of hydrogen-bond donors (Lipinski definition) is 0. The highest BCUT2D eigenvalue weighted by Crippen LogP contribution is 2.34. The summed E-state index contributed by atoms with van der Waals surface area (Å²) in [6.07, 6.45) is 6.51. The van der Waals surface area contributed by atoms with E-state index in [0.29, 0.717) is 20.8 Å². The maximum Gasteiger partial charge on any atom is 0.138 e. The molecule has 4 rings (SSSR count). The van der Waals surface area contributed by atoms with Crippen LogP contribution in [0.3, 0.4) is 0 Å². The van der Waals surface area contributed by atoms with Gasteiger partial charge in [-0.3, -0.25) is 0 Å². The van der Waals surface area contributed by atoms with Gasteiger partial charge >= 0.3 is 0 Å². The molecule has 0 aliphatic carbocycles. The van der Waals surface area contributed by atoms with E-state index in [1.54, 1.807) is 27.8 Å². The Morgan fingerprint density at radius 1 is 1.06 bits per heavy atom. The Balaban J connectivity index is 1.63. The molecule has 10 heteroatoms. The average Bonchev–Trinajstić information content (AvgIpc) is 3.47. The third kappa shape index (κ3) is 5.85. The van der Waals surface area contributed by atoms with Gasteiger partial charge < -0.3 is 4.74 Å². The van der Waals surface area contributed by atoms with E-state index in [1.807, 2.05) is 42.6 Å². The van der Waals surface area contributed by atoms with Crippen LogP contribution in [0.25, 0.3) is 17.5 Å². The molecule has 34 heavy (non-hydrogen) atoms. The van der Waals surface area contributed by atoms with E-state index in [0.717, 1.165) is 16.9 Å². The number of ether oxygens (including phenoxy) is 1. The lowest BCUT2D eigenvalue weighted by Gasteiger charge is -2.32. The third-order valence-electron chi connectivity index (χ3n) is 5.03. The van der Waals surface area contributed by atoms with E-state index in [4.69, 9.17) is 39.5 Å². The van der Waals surface area contributed by atoms with Crippen LogP contribution < -0.4 is 0 Å². The summed E-state index contributed by atoms with van der Waals surface area (Å²) in [6, 6.07) is 12.7. The van der Waals surface area contributed by atoms with Crippen LogP contribution >= 0.6 is 34.8 Å². The van der Waals surface area contributed by atoms with Gasteiger partial charge in [-0.05, 0) is 53.5 Å². The van der Waals surface area contributed by atoms with E-state index >= 15 is 0 Å². The van der Waals surface area contributed by atoms with Crippen molar-refractivity contribution in [3.63, 3.8) is 0 Å². The van der Waals surface area contributed by atoms with Crippen LogP contribution in [-0.4, -0.2) is 35.9 Å². The maximum atomic E-state index is 6.45. The number of hydrogen-bond acceptors (Lipinski definition) is 5. The van der Waals surface area contributed by atoms with Crippen LogP contribution in [0.4, 0.5) is 0 Å².